The van der Waals surface area contributed by atoms with Gasteiger partial charge in [-0.3, -0.25) is 9.10 Å². The van der Waals surface area contributed by atoms with Crippen LogP contribution in [-0.2, 0) is 30.7 Å². The molecule has 238 valence electrons. The van der Waals surface area contributed by atoms with Crippen molar-refractivity contribution in [2.45, 2.75) is 64.7 Å². The van der Waals surface area contributed by atoms with Crippen molar-refractivity contribution < 1.29 is 32.2 Å². The summed E-state index contributed by atoms with van der Waals surface area (Å²) in [6.07, 6.45) is 0.849. The fourth-order valence-electron chi connectivity index (χ4n) is 5.75. The number of hydrogen-bond acceptors (Lipinski definition) is 8. The summed E-state index contributed by atoms with van der Waals surface area (Å²) in [6, 6.07) is 15.7. The van der Waals surface area contributed by atoms with Gasteiger partial charge in [0, 0.05) is 37.9 Å². The molecule has 0 N–H and O–H groups in total. The summed E-state index contributed by atoms with van der Waals surface area (Å²) < 4.78 is 45.6. The lowest BCUT2D eigenvalue weighted by molar-refractivity contribution is -0.139. The molecule has 45 heavy (non-hydrogen) atoms. The number of nitriles is 1. The molecule has 0 saturated carbocycles. The molecule has 1 amide bonds. The second kappa shape index (κ2) is 12.8. The van der Waals surface area contributed by atoms with E-state index in [1.807, 2.05) is 45.0 Å². The number of sulfonamides is 1. The van der Waals surface area contributed by atoms with Crippen molar-refractivity contribution in [1.82, 2.24) is 4.90 Å². The van der Waals surface area contributed by atoms with E-state index in [0.717, 1.165) is 10.8 Å². The van der Waals surface area contributed by atoms with Crippen LogP contribution in [0.4, 0.5) is 10.5 Å². The molecule has 0 bridgehead atoms. The molecule has 2 aliphatic rings. The lowest BCUT2D eigenvalue weighted by Crippen LogP contribution is -2.44. The van der Waals surface area contributed by atoms with E-state index in [2.05, 4.69) is 6.07 Å². The molecule has 1 unspecified atom stereocenters. The maximum atomic E-state index is 13.8. The van der Waals surface area contributed by atoms with Gasteiger partial charge in [0.1, 0.15) is 17.5 Å². The molecule has 0 aliphatic carbocycles. The summed E-state index contributed by atoms with van der Waals surface area (Å²) in [7, 11) is -4.18. The van der Waals surface area contributed by atoms with Crippen LogP contribution < -0.4 is 9.04 Å². The lowest BCUT2D eigenvalue weighted by Gasteiger charge is -2.33. The Morgan fingerprint density at radius 3 is 2.42 bits per heavy atom. The van der Waals surface area contributed by atoms with Crippen LogP contribution in [0.5, 0.6) is 5.75 Å². The Morgan fingerprint density at radius 1 is 1.04 bits per heavy atom. The zero-order valence-electron chi connectivity index (χ0n) is 25.7. The molecule has 0 aromatic heterocycles. The van der Waals surface area contributed by atoms with Crippen molar-refractivity contribution in [3.8, 4) is 11.8 Å². The number of likely N-dealkylation sites (tertiary alicyclic amines) is 1. The van der Waals surface area contributed by atoms with E-state index in [-0.39, 0.29) is 25.2 Å². The molecule has 0 spiro atoms. The SMILES string of the molecule is CCOC(=O)CS(=O)(=O)N1c2ccc(OC3CCN(C(=O)OC(C)(C)C)CC3)c(Cl)c2CC1c1ccc2ccc(C#N)cc2c1. The normalized spacial score (nSPS) is 17.1. The number of ether oxygens (including phenoxy) is 3. The smallest absolute Gasteiger partial charge is 0.410 e. The summed E-state index contributed by atoms with van der Waals surface area (Å²) >= 11 is 6.92. The number of piperidine rings is 1. The maximum Gasteiger partial charge on any atom is 0.410 e. The average Bonchev–Trinajstić information content (AvgIpc) is 3.39. The van der Waals surface area contributed by atoms with Gasteiger partial charge in [0.05, 0.1) is 35.0 Å². The number of nitrogens with zero attached hydrogens (tertiary/aromatic N) is 3. The minimum atomic E-state index is -4.18. The molecule has 3 aromatic carbocycles. The number of carbonyl (C=O) groups is 2. The fourth-order valence-corrected chi connectivity index (χ4v) is 7.60. The summed E-state index contributed by atoms with van der Waals surface area (Å²) in [4.78, 5) is 26.5. The predicted octanol–water partition coefficient (Wildman–Crippen LogP) is 6.14. The Hall–Kier alpha value is -4.01. The Labute approximate surface area is 268 Å². The third-order valence-corrected chi connectivity index (χ3v) is 9.84. The first-order valence-corrected chi connectivity index (χ1v) is 16.9. The summed E-state index contributed by atoms with van der Waals surface area (Å²) in [5.41, 5.74) is 1.55. The molecular formula is C33H36ClN3O7S. The van der Waals surface area contributed by atoms with Gasteiger partial charge in [-0.15, -0.1) is 0 Å². The van der Waals surface area contributed by atoms with Crippen LogP contribution in [0.2, 0.25) is 5.02 Å². The maximum absolute atomic E-state index is 13.8. The Morgan fingerprint density at radius 2 is 1.76 bits per heavy atom. The van der Waals surface area contributed by atoms with E-state index < -0.39 is 33.4 Å². The van der Waals surface area contributed by atoms with Crippen molar-refractivity contribution in [2.24, 2.45) is 0 Å². The van der Waals surface area contributed by atoms with Gasteiger partial charge >= 0.3 is 12.1 Å². The largest absolute Gasteiger partial charge is 0.489 e. The molecule has 10 nitrogen and oxygen atoms in total. The minimum absolute atomic E-state index is 0.0590. The zero-order chi connectivity index (χ0) is 32.5. The van der Waals surface area contributed by atoms with E-state index in [1.54, 1.807) is 36.1 Å². The summed E-state index contributed by atoms with van der Waals surface area (Å²) in [6.45, 7) is 8.10. The molecule has 2 aliphatic heterocycles. The number of carbonyl (C=O) groups excluding carboxylic acids is 2. The third kappa shape index (κ3) is 7.13. The first-order chi connectivity index (χ1) is 21.3. The van der Waals surface area contributed by atoms with Crippen LogP contribution in [0, 0.1) is 11.3 Å². The van der Waals surface area contributed by atoms with Gasteiger partial charge in [-0.1, -0.05) is 29.8 Å². The molecule has 3 aromatic rings. The van der Waals surface area contributed by atoms with Crippen LogP contribution in [0.15, 0.2) is 48.5 Å². The second-order valence-corrected chi connectivity index (χ2v) is 14.4. The van der Waals surface area contributed by atoms with Gasteiger partial charge in [-0.2, -0.15) is 5.26 Å². The number of fused-ring (bicyclic) bond motifs is 2. The van der Waals surface area contributed by atoms with Crippen molar-refractivity contribution in [3.05, 3.63) is 70.2 Å². The molecule has 5 rings (SSSR count). The Kier molecular flexibility index (Phi) is 9.19. The number of benzene rings is 3. The van der Waals surface area contributed by atoms with Crippen LogP contribution >= 0.6 is 11.6 Å². The first kappa shape index (κ1) is 32.4. The molecule has 2 heterocycles. The van der Waals surface area contributed by atoms with Crippen molar-refractivity contribution in [1.29, 1.82) is 5.26 Å². The highest BCUT2D eigenvalue weighted by Crippen LogP contribution is 2.48. The van der Waals surface area contributed by atoms with E-state index in [4.69, 9.17) is 25.8 Å². The van der Waals surface area contributed by atoms with E-state index in [0.29, 0.717) is 59.1 Å². The molecular weight excluding hydrogens is 618 g/mol. The van der Waals surface area contributed by atoms with E-state index in [9.17, 15) is 23.3 Å². The molecule has 0 radical (unpaired) electrons. The van der Waals surface area contributed by atoms with Gasteiger partial charge in [-0.25, -0.2) is 13.2 Å². The van der Waals surface area contributed by atoms with Crippen LogP contribution in [-0.4, -0.2) is 62.5 Å². The van der Waals surface area contributed by atoms with Crippen LogP contribution in [0.1, 0.15) is 63.3 Å². The number of anilines is 1. The molecule has 1 atom stereocenters. The number of rotatable bonds is 7. The number of esters is 1. The van der Waals surface area contributed by atoms with Crippen molar-refractivity contribution >= 4 is 50.1 Å². The lowest BCUT2D eigenvalue weighted by atomic mass is 9.98. The average molecular weight is 654 g/mol. The minimum Gasteiger partial charge on any atom is -0.489 e. The number of hydrogen-bond donors (Lipinski definition) is 0. The Bertz CT molecular complexity index is 1770. The zero-order valence-corrected chi connectivity index (χ0v) is 27.3. The monoisotopic (exact) mass is 653 g/mol. The predicted molar refractivity (Wildman–Crippen MR) is 171 cm³/mol. The molecule has 1 saturated heterocycles. The summed E-state index contributed by atoms with van der Waals surface area (Å²) in [5.74, 6) is -1.24. The quantitative estimate of drug-likeness (QED) is 0.278. The van der Waals surface area contributed by atoms with Crippen LogP contribution in [0.3, 0.4) is 0 Å². The highest BCUT2D eigenvalue weighted by atomic mass is 35.5. The van der Waals surface area contributed by atoms with Gasteiger partial charge in [0.25, 0.3) is 0 Å². The van der Waals surface area contributed by atoms with Gasteiger partial charge in [-0.05, 0) is 74.4 Å². The first-order valence-electron chi connectivity index (χ1n) is 14.9. The van der Waals surface area contributed by atoms with E-state index >= 15 is 0 Å². The summed E-state index contributed by atoms with van der Waals surface area (Å²) in [5, 5.41) is 11.4. The highest BCUT2D eigenvalue weighted by molar-refractivity contribution is 7.93. The van der Waals surface area contributed by atoms with Crippen LogP contribution in [0.25, 0.3) is 10.8 Å². The van der Waals surface area contributed by atoms with Crippen molar-refractivity contribution in [2.75, 3.05) is 29.8 Å². The molecule has 1 fully saturated rings. The fraction of sp³-hybridized carbons (Fsp3) is 0.424. The highest BCUT2D eigenvalue weighted by Gasteiger charge is 2.41. The topological polar surface area (TPSA) is 126 Å². The third-order valence-electron chi connectivity index (χ3n) is 7.77. The second-order valence-electron chi connectivity index (χ2n) is 12.2. The number of amides is 1. The van der Waals surface area contributed by atoms with E-state index in [1.165, 1.54) is 4.31 Å². The van der Waals surface area contributed by atoms with Gasteiger partial charge in [0.2, 0.25) is 10.0 Å². The number of halogens is 1. The van der Waals surface area contributed by atoms with Crippen molar-refractivity contribution in [3.63, 3.8) is 0 Å². The van der Waals surface area contributed by atoms with Gasteiger partial charge in [0.15, 0.2) is 5.75 Å². The molecule has 12 heteroatoms. The standard InChI is InChI=1S/C33H36ClN3O7S/c1-5-42-30(38)20-45(40,41)37-27-10-11-29(43-25-12-14-36(15-13-25)32(39)44-33(2,3)4)31(34)26(27)18-28(37)23-9-8-22-7-6-21(19-35)16-24(22)17-23/h6-11,16-17,25,28H,5,12-15,18,20H2,1-4H3. The van der Waals surface area contributed by atoms with Gasteiger partial charge < -0.3 is 19.1 Å². The Balaban J connectivity index is 1.43.